The molecule has 0 bridgehead atoms. The van der Waals surface area contributed by atoms with Crippen LogP contribution >= 0.6 is 0 Å². The topological polar surface area (TPSA) is 140 Å². The maximum absolute atomic E-state index is 11.0. The van der Waals surface area contributed by atoms with Crippen molar-refractivity contribution in [3.63, 3.8) is 0 Å². The second-order valence-electron chi connectivity index (χ2n) is 5.62. The number of carboxylic acid groups (broad SMARTS) is 1. The summed E-state index contributed by atoms with van der Waals surface area (Å²) in [6, 6.07) is 7.19. The average Bonchev–Trinajstić information content (AvgIpc) is 2.59. The van der Waals surface area contributed by atoms with Gasteiger partial charge in [-0.2, -0.15) is 0 Å². The molecule has 0 saturated carbocycles. The Hall–Kier alpha value is -0.550. The Labute approximate surface area is 167 Å². The molecule has 0 aliphatic carbocycles. The molecule has 9 heteroatoms. The average molecular weight is 364 g/mol. The molecule has 0 spiro atoms. The van der Waals surface area contributed by atoms with Crippen LogP contribution in [0.5, 0.6) is 0 Å². The molecule has 1 aliphatic heterocycles. The smallest absolute Gasteiger partial charge is 0.547 e. The van der Waals surface area contributed by atoms with Gasteiger partial charge in [0.15, 0.2) is 6.29 Å². The number of carboxylic acids is 1. The van der Waals surface area contributed by atoms with E-state index in [0.717, 1.165) is 12.0 Å². The Morgan fingerprint density at radius 1 is 1.28 bits per heavy atom. The zero-order chi connectivity index (χ0) is 17.9. The van der Waals surface area contributed by atoms with E-state index in [-0.39, 0.29) is 29.6 Å². The summed E-state index contributed by atoms with van der Waals surface area (Å²) in [4.78, 5) is 11.0. The zero-order valence-electron chi connectivity index (χ0n) is 14.1. The minimum Gasteiger partial charge on any atom is -0.547 e. The van der Waals surface area contributed by atoms with Crippen LogP contribution in [0.25, 0.3) is 0 Å². The van der Waals surface area contributed by atoms with Gasteiger partial charge in [-0.25, -0.2) is 0 Å². The number of aliphatic hydroxyl groups excluding tert-OH is 4. The first kappa shape index (κ1) is 22.5. The fraction of sp³-hybridized carbons (Fsp3) is 0.562. The first-order valence-corrected chi connectivity index (χ1v) is 7.64. The van der Waals surface area contributed by atoms with Gasteiger partial charge in [0.1, 0.15) is 30.5 Å². The van der Waals surface area contributed by atoms with Crippen molar-refractivity contribution in [2.45, 2.75) is 50.2 Å². The SMILES string of the molecule is CCc1cccc([C@H](CO)OC2O[C@H](C(=O)[O-])[C@@H](O)[C@H](O)[C@H]2O)c1.[Na+]. The van der Waals surface area contributed by atoms with Crippen molar-refractivity contribution in [2.24, 2.45) is 0 Å². The van der Waals surface area contributed by atoms with E-state index in [4.69, 9.17) is 9.47 Å². The van der Waals surface area contributed by atoms with Crippen molar-refractivity contribution in [3.8, 4) is 0 Å². The van der Waals surface area contributed by atoms with Crippen LogP contribution in [0, 0.1) is 0 Å². The molecule has 1 aromatic carbocycles. The molecule has 4 N–H and O–H groups in total. The van der Waals surface area contributed by atoms with Gasteiger partial charge in [0, 0.05) is 0 Å². The Kier molecular flexibility index (Phi) is 8.96. The van der Waals surface area contributed by atoms with Crippen molar-refractivity contribution in [1.82, 2.24) is 0 Å². The van der Waals surface area contributed by atoms with E-state index in [2.05, 4.69) is 0 Å². The summed E-state index contributed by atoms with van der Waals surface area (Å²) in [5, 5.41) is 49.8. The van der Waals surface area contributed by atoms with Gasteiger partial charge in [-0.15, -0.1) is 0 Å². The van der Waals surface area contributed by atoms with Crippen LogP contribution in [-0.2, 0) is 20.7 Å². The number of hydrogen-bond donors (Lipinski definition) is 4. The Morgan fingerprint density at radius 2 is 1.96 bits per heavy atom. The normalized spacial score (nSPS) is 30.4. The summed E-state index contributed by atoms with van der Waals surface area (Å²) in [6.45, 7) is 1.51. The van der Waals surface area contributed by atoms with Crippen molar-refractivity contribution in [2.75, 3.05) is 6.61 Å². The monoisotopic (exact) mass is 364 g/mol. The zero-order valence-corrected chi connectivity index (χ0v) is 16.1. The number of benzene rings is 1. The third-order valence-corrected chi connectivity index (χ3v) is 4.00. The summed E-state index contributed by atoms with van der Waals surface area (Å²) in [6.07, 6.45) is -8.84. The van der Waals surface area contributed by atoms with E-state index >= 15 is 0 Å². The predicted molar refractivity (Wildman–Crippen MR) is 78.4 cm³/mol. The van der Waals surface area contributed by atoms with Gasteiger partial charge in [-0.3, -0.25) is 0 Å². The molecule has 2 rings (SSSR count). The Bertz CT molecular complexity index is 569. The molecular weight excluding hydrogens is 343 g/mol. The molecule has 1 heterocycles. The van der Waals surface area contributed by atoms with Crippen LogP contribution in [-0.4, -0.2) is 63.7 Å². The van der Waals surface area contributed by atoms with E-state index in [0.29, 0.717) is 5.56 Å². The Morgan fingerprint density at radius 3 is 2.52 bits per heavy atom. The molecule has 0 radical (unpaired) electrons. The summed E-state index contributed by atoms with van der Waals surface area (Å²) in [5.74, 6) is -1.74. The van der Waals surface area contributed by atoms with E-state index in [1.807, 2.05) is 13.0 Å². The summed E-state index contributed by atoms with van der Waals surface area (Å²) >= 11 is 0. The van der Waals surface area contributed by atoms with Crippen molar-refractivity contribution in [1.29, 1.82) is 0 Å². The molecule has 1 fully saturated rings. The Balaban J connectivity index is 0.00000312. The standard InChI is InChI=1S/C16H22O8.Na/c1-2-8-4-3-5-9(6-8)10(7-17)23-16-13(20)11(18)12(19)14(24-16)15(21)22;/h3-6,10-14,16-20H,2,7H2,1H3,(H,21,22);/q;+1/p-1/t10-,11-,12-,13+,14-,16?;/m0./s1. The third-order valence-electron chi connectivity index (χ3n) is 4.00. The molecule has 6 atom stereocenters. The van der Waals surface area contributed by atoms with Gasteiger partial charge in [0.25, 0.3) is 0 Å². The van der Waals surface area contributed by atoms with E-state index in [1.165, 1.54) is 0 Å². The molecule has 1 aromatic rings. The number of aliphatic hydroxyl groups is 4. The fourth-order valence-corrected chi connectivity index (χ4v) is 2.56. The number of ether oxygens (including phenoxy) is 2. The number of hydrogen-bond acceptors (Lipinski definition) is 8. The number of aliphatic carboxylic acids is 1. The second kappa shape index (κ2) is 9.96. The minimum absolute atomic E-state index is 0. The van der Waals surface area contributed by atoms with E-state index in [1.54, 1.807) is 18.2 Å². The third kappa shape index (κ3) is 5.22. The van der Waals surface area contributed by atoms with Crippen LogP contribution in [0.3, 0.4) is 0 Å². The molecule has 25 heavy (non-hydrogen) atoms. The molecule has 1 saturated heterocycles. The maximum atomic E-state index is 11.0. The summed E-state index contributed by atoms with van der Waals surface area (Å²) in [5.41, 5.74) is 1.61. The molecule has 1 aliphatic rings. The van der Waals surface area contributed by atoms with Gasteiger partial charge < -0.3 is 39.8 Å². The second-order valence-corrected chi connectivity index (χ2v) is 5.62. The number of aryl methyl sites for hydroxylation is 1. The van der Waals surface area contributed by atoms with Gasteiger partial charge in [-0.05, 0) is 17.5 Å². The van der Waals surface area contributed by atoms with Crippen molar-refractivity contribution in [3.05, 3.63) is 35.4 Å². The van der Waals surface area contributed by atoms with E-state index < -0.39 is 49.4 Å². The minimum atomic E-state index is -1.85. The molecule has 8 nitrogen and oxygen atoms in total. The van der Waals surface area contributed by atoms with Crippen LogP contribution < -0.4 is 34.7 Å². The van der Waals surface area contributed by atoms with Crippen LogP contribution in [0.4, 0.5) is 0 Å². The number of carbonyl (C=O) groups is 1. The molecule has 1 unspecified atom stereocenters. The quantitative estimate of drug-likeness (QED) is 0.368. The molecule has 0 amide bonds. The number of rotatable bonds is 6. The molecular formula is C16H21NaO8. The van der Waals surface area contributed by atoms with Crippen LogP contribution in [0.2, 0.25) is 0 Å². The van der Waals surface area contributed by atoms with E-state index in [9.17, 15) is 30.3 Å². The van der Waals surface area contributed by atoms with Gasteiger partial charge in [0.05, 0.1) is 12.6 Å². The van der Waals surface area contributed by atoms with Gasteiger partial charge >= 0.3 is 29.6 Å². The summed E-state index contributed by atoms with van der Waals surface area (Å²) < 4.78 is 10.5. The van der Waals surface area contributed by atoms with Gasteiger partial charge in [0.2, 0.25) is 0 Å². The first-order valence-electron chi connectivity index (χ1n) is 7.64. The van der Waals surface area contributed by atoms with Gasteiger partial charge in [-0.1, -0.05) is 31.2 Å². The van der Waals surface area contributed by atoms with Crippen molar-refractivity contribution < 1.29 is 69.4 Å². The van der Waals surface area contributed by atoms with Crippen LogP contribution in [0.15, 0.2) is 24.3 Å². The largest absolute Gasteiger partial charge is 1.00 e. The van der Waals surface area contributed by atoms with Crippen molar-refractivity contribution >= 4 is 5.97 Å². The number of carbonyl (C=O) groups excluding carboxylic acids is 1. The fourth-order valence-electron chi connectivity index (χ4n) is 2.56. The first-order chi connectivity index (χ1) is 11.4. The van der Waals surface area contributed by atoms with Crippen LogP contribution in [0.1, 0.15) is 24.2 Å². The molecule has 134 valence electrons. The summed E-state index contributed by atoms with van der Waals surface area (Å²) in [7, 11) is 0. The molecule has 0 aromatic heterocycles. The maximum Gasteiger partial charge on any atom is 1.00 e. The predicted octanol–water partition coefficient (Wildman–Crippen LogP) is -5.14.